The van der Waals surface area contributed by atoms with E-state index in [4.69, 9.17) is 26.5 Å². The van der Waals surface area contributed by atoms with Crippen LogP contribution in [0.3, 0.4) is 0 Å². The van der Waals surface area contributed by atoms with Crippen molar-refractivity contribution in [3.63, 3.8) is 0 Å². The minimum Gasteiger partial charge on any atom is -0.460 e. The van der Waals surface area contributed by atoms with E-state index in [1.165, 1.54) is 12.1 Å². The molecule has 2 aromatic rings. The van der Waals surface area contributed by atoms with Crippen molar-refractivity contribution >= 4 is 29.8 Å². The highest BCUT2D eigenvalue weighted by Crippen LogP contribution is 2.17. The van der Waals surface area contributed by atoms with Crippen LogP contribution in [-0.4, -0.2) is 42.4 Å². The van der Waals surface area contributed by atoms with E-state index >= 15 is 0 Å². The van der Waals surface area contributed by atoms with Crippen molar-refractivity contribution in [2.24, 2.45) is 0 Å². The van der Waals surface area contributed by atoms with Gasteiger partial charge in [0.2, 0.25) is 0 Å². The Hall–Kier alpha value is -2.73. The minimum absolute atomic E-state index is 0.222. The van der Waals surface area contributed by atoms with Gasteiger partial charge in [0.15, 0.2) is 12.3 Å². The van der Waals surface area contributed by atoms with Gasteiger partial charge < -0.3 is 14.9 Å². The molecule has 3 atom stereocenters. The summed E-state index contributed by atoms with van der Waals surface area (Å²) in [4.78, 5) is 24.0. The number of rotatable bonds is 8. The molecular weight excluding hydrogens is 361 g/mol. The summed E-state index contributed by atoms with van der Waals surface area (Å²) in [5.74, 6) is -1.41. The van der Waals surface area contributed by atoms with Gasteiger partial charge in [0.05, 0.1) is 11.1 Å². The first-order chi connectivity index (χ1) is 12.5. The molecule has 136 valence electrons. The summed E-state index contributed by atoms with van der Waals surface area (Å²) >= 11 is 6.09. The van der Waals surface area contributed by atoms with Crippen molar-refractivity contribution in [1.82, 2.24) is 0 Å². The molecule has 26 heavy (non-hydrogen) atoms. The third-order valence-electron chi connectivity index (χ3n) is 3.47. The molecule has 7 heteroatoms. The Kier molecular flexibility index (Phi) is 7.29. The zero-order valence-corrected chi connectivity index (χ0v) is 14.4. The van der Waals surface area contributed by atoms with Crippen molar-refractivity contribution in [2.75, 3.05) is 6.61 Å². The van der Waals surface area contributed by atoms with Crippen LogP contribution in [0.15, 0.2) is 60.7 Å². The van der Waals surface area contributed by atoms with Gasteiger partial charge in [-0.05, 0) is 24.3 Å². The van der Waals surface area contributed by atoms with Gasteiger partial charge >= 0.3 is 11.9 Å². The van der Waals surface area contributed by atoms with Crippen molar-refractivity contribution in [3.8, 4) is 0 Å². The molecule has 0 bridgehead atoms. The molecule has 1 N–H and O–H groups in total. The summed E-state index contributed by atoms with van der Waals surface area (Å²) in [7, 11) is 0. The molecule has 0 amide bonds. The molecule has 0 aromatic heterocycles. The topological polar surface area (TPSA) is 76.4 Å². The average molecular weight is 378 g/mol. The normalized spacial score (nSPS) is 13.9. The molecule has 0 saturated heterocycles. The molecule has 2 aromatic carbocycles. The van der Waals surface area contributed by atoms with Gasteiger partial charge in [0.25, 0.3) is 0 Å². The zero-order chi connectivity index (χ0) is 18.9. The number of alkyl halides is 2. The van der Waals surface area contributed by atoms with Gasteiger partial charge in [0, 0.05) is 6.21 Å². The number of carbonyl (C=O) groups is 2. The number of halogens is 2. The lowest BCUT2D eigenvalue weighted by molar-refractivity contribution is 0.00714. The fourth-order valence-corrected chi connectivity index (χ4v) is 2.36. The van der Waals surface area contributed by atoms with Gasteiger partial charge in [-0.25, -0.2) is 14.0 Å². The average Bonchev–Trinajstić information content (AvgIpc) is 2.70. The standard InChI is InChI=1S/C19H17ClFNO4/c20-15(12-25-18(23)13-7-3-1-4-8-13)17(16(21)11-22)26-19(24)14-9-5-2-6-10-14/h1-11,15-17,22H,12H2/t15-,16+,17+/m0/s1. The Morgan fingerprint density at radius 1 is 1.00 bits per heavy atom. The highest BCUT2D eigenvalue weighted by molar-refractivity contribution is 6.21. The van der Waals surface area contributed by atoms with Crippen molar-refractivity contribution in [1.29, 1.82) is 5.41 Å². The number of ether oxygens (including phenoxy) is 2. The van der Waals surface area contributed by atoms with Crippen molar-refractivity contribution in [3.05, 3.63) is 71.8 Å². The van der Waals surface area contributed by atoms with Crippen LogP contribution in [0.1, 0.15) is 20.7 Å². The molecule has 0 aliphatic carbocycles. The van der Waals surface area contributed by atoms with Gasteiger partial charge in [-0.1, -0.05) is 36.4 Å². The first kappa shape index (κ1) is 19.6. The van der Waals surface area contributed by atoms with Gasteiger partial charge in [-0.3, -0.25) is 0 Å². The summed E-state index contributed by atoms with van der Waals surface area (Å²) in [6, 6.07) is 16.2. The predicted molar refractivity (Wildman–Crippen MR) is 95.7 cm³/mol. The number of esters is 2. The predicted octanol–water partition coefficient (Wildman–Crippen LogP) is 3.66. The largest absolute Gasteiger partial charge is 0.460 e. The molecule has 0 radical (unpaired) electrons. The Balaban J connectivity index is 2.00. The first-order valence-corrected chi connectivity index (χ1v) is 8.23. The molecule has 2 rings (SSSR count). The van der Waals surface area contributed by atoms with E-state index < -0.39 is 29.6 Å². The van der Waals surface area contributed by atoms with E-state index in [-0.39, 0.29) is 12.2 Å². The smallest absolute Gasteiger partial charge is 0.338 e. The van der Waals surface area contributed by atoms with E-state index in [0.29, 0.717) is 11.8 Å². The lowest BCUT2D eigenvalue weighted by atomic mass is 10.1. The Morgan fingerprint density at radius 2 is 1.50 bits per heavy atom. The molecular formula is C19H17ClFNO4. The van der Waals surface area contributed by atoms with E-state index in [1.807, 2.05) is 0 Å². The second-order valence-corrected chi connectivity index (χ2v) is 5.89. The van der Waals surface area contributed by atoms with Gasteiger partial charge in [-0.15, -0.1) is 11.6 Å². The van der Waals surface area contributed by atoms with E-state index in [9.17, 15) is 14.0 Å². The minimum atomic E-state index is -1.93. The summed E-state index contributed by atoms with van der Waals surface area (Å²) in [5.41, 5.74) is 0.540. The molecule has 0 saturated carbocycles. The molecule has 0 spiro atoms. The van der Waals surface area contributed by atoms with E-state index in [2.05, 4.69) is 0 Å². The monoisotopic (exact) mass is 377 g/mol. The summed E-state index contributed by atoms with van der Waals surface area (Å²) in [6.07, 6.45) is -2.91. The fourth-order valence-electron chi connectivity index (χ4n) is 2.11. The Bertz CT molecular complexity index is 742. The lowest BCUT2D eigenvalue weighted by Gasteiger charge is -2.23. The maximum atomic E-state index is 14.0. The molecule has 5 nitrogen and oxygen atoms in total. The van der Waals surface area contributed by atoms with Crippen LogP contribution in [0.5, 0.6) is 0 Å². The second-order valence-electron chi connectivity index (χ2n) is 5.33. The summed E-state index contributed by atoms with van der Waals surface area (Å²) in [5, 5.41) is 5.91. The molecule has 0 aliphatic heterocycles. The maximum Gasteiger partial charge on any atom is 0.338 e. The number of benzene rings is 2. The second kappa shape index (κ2) is 9.68. The van der Waals surface area contributed by atoms with Crippen LogP contribution in [0.4, 0.5) is 4.39 Å². The quantitative estimate of drug-likeness (QED) is 0.432. The summed E-state index contributed by atoms with van der Waals surface area (Å²) < 4.78 is 24.2. The van der Waals surface area contributed by atoms with E-state index in [0.717, 1.165) is 0 Å². The Labute approximate surface area is 155 Å². The van der Waals surface area contributed by atoms with Crippen LogP contribution in [-0.2, 0) is 9.47 Å². The van der Waals surface area contributed by atoms with Crippen LogP contribution < -0.4 is 0 Å². The fraction of sp³-hybridized carbons (Fsp3) is 0.211. The van der Waals surface area contributed by atoms with Crippen LogP contribution in [0.25, 0.3) is 0 Å². The SMILES string of the molecule is N=C[C@@H](F)[C@H](OC(=O)c1ccccc1)[C@@H](Cl)COC(=O)c1ccccc1. The van der Waals surface area contributed by atoms with Crippen molar-refractivity contribution in [2.45, 2.75) is 17.7 Å². The first-order valence-electron chi connectivity index (χ1n) is 7.80. The zero-order valence-electron chi connectivity index (χ0n) is 13.7. The maximum absolute atomic E-state index is 14.0. The highest BCUT2D eigenvalue weighted by Gasteiger charge is 2.32. The van der Waals surface area contributed by atoms with Crippen LogP contribution in [0.2, 0.25) is 0 Å². The number of hydrogen-bond donors (Lipinski definition) is 1. The Morgan fingerprint density at radius 3 is 2.00 bits per heavy atom. The van der Waals surface area contributed by atoms with Crippen LogP contribution in [0, 0.1) is 5.41 Å². The highest BCUT2D eigenvalue weighted by atomic mass is 35.5. The van der Waals surface area contributed by atoms with Gasteiger partial charge in [-0.2, -0.15) is 0 Å². The number of nitrogens with one attached hydrogen (secondary N) is 1. The molecule has 0 unspecified atom stereocenters. The summed E-state index contributed by atoms with van der Waals surface area (Å²) in [6.45, 7) is -0.379. The molecule has 0 heterocycles. The van der Waals surface area contributed by atoms with Gasteiger partial charge in [0.1, 0.15) is 12.0 Å². The van der Waals surface area contributed by atoms with Crippen LogP contribution >= 0.6 is 11.6 Å². The van der Waals surface area contributed by atoms with Crippen molar-refractivity contribution < 1.29 is 23.5 Å². The lowest BCUT2D eigenvalue weighted by Crippen LogP contribution is -2.40. The molecule has 0 aliphatic rings. The van der Waals surface area contributed by atoms with E-state index in [1.54, 1.807) is 48.5 Å². The third kappa shape index (κ3) is 5.39. The third-order valence-corrected chi connectivity index (χ3v) is 3.84. The molecule has 0 fully saturated rings. The number of carbonyl (C=O) groups excluding carboxylic acids is 2. The number of hydrogen-bond acceptors (Lipinski definition) is 5.